The molecule has 0 aliphatic heterocycles. The van der Waals surface area contributed by atoms with Crippen LogP contribution in [0, 0.1) is 29.3 Å². The molecule has 1 atom stereocenters. The minimum Gasteiger partial charge on any atom is -0.318 e. The third-order valence-corrected chi connectivity index (χ3v) is 1.83. The summed E-state index contributed by atoms with van der Waals surface area (Å²) in [7, 11) is 0. The molecule has 0 radical (unpaired) electrons. The van der Waals surface area contributed by atoms with Crippen molar-refractivity contribution in [1.82, 2.24) is 0 Å². The van der Waals surface area contributed by atoms with Gasteiger partial charge in [-0.25, -0.2) is 13.2 Å². The molecule has 0 heterocycles. The molecular formula is C11H10F3N. The van der Waals surface area contributed by atoms with Crippen LogP contribution < -0.4 is 5.73 Å². The number of hydrogen-bond donors (Lipinski definition) is 1. The van der Waals surface area contributed by atoms with Crippen molar-refractivity contribution in [2.24, 2.45) is 5.73 Å². The third-order valence-electron chi connectivity index (χ3n) is 1.83. The fraction of sp³-hybridized carbons (Fsp3) is 0.273. The molecule has 0 saturated heterocycles. The Kier molecular flexibility index (Phi) is 3.75. The van der Waals surface area contributed by atoms with Crippen LogP contribution in [0.1, 0.15) is 18.9 Å². The smallest absolute Gasteiger partial charge is 0.144 e. The zero-order valence-electron chi connectivity index (χ0n) is 8.15. The van der Waals surface area contributed by atoms with Crippen molar-refractivity contribution in [3.63, 3.8) is 0 Å². The highest BCUT2D eigenvalue weighted by molar-refractivity contribution is 5.37. The van der Waals surface area contributed by atoms with E-state index in [2.05, 4.69) is 11.8 Å². The molecule has 4 heteroatoms. The van der Waals surface area contributed by atoms with Crippen molar-refractivity contribution >= 4 is 0 Å². The van der Waals surface area contributed by atoms with Crippen molar-refractivity contribution < 1.29 is 13.2 Å². The van der Waals surface area contributed by atoms with Crippen molar-refractivity contribution in [2.45, 2.75) is 19.4 Å². The summed E-state index contributed by atoms with van der Waals surface area (Å²) >= 11 is 0. The molecule has 0 spiro atoms. The zero-order valence-corrected chi connectivity index (χ0v) is 8.15. The molecule has 1 rings (SSSR count). The maximum atomic E-state index is 13.0. The van der Waals surface area contributed by atoms with Gasteiger partial charge < -0.3 is 5.73 Å². The van der Waals surface area contributed by atoms with Crippen LogP contribution >= 0.6 is 0 Å². The van der Waals surface area contributed by atoms with Gasteiger partial charge in [-0.2, -0.15) is 0 Å². The lowest BCUT2D eigenvalue weighted by molar-refractivity contribution is 0.539. The second-order valence-corrected chi connectivity index (χ2v) is 3.03. The highest BCUT2D eigenvalue weighted by Crippen LogP contribution is 2.13. The fourth-order valence-corrected chi connectivity index (χ4v) is 0.929. The van der Waals surface area contributed by atoms with Crippen LogP contribution in [-0.4, -0.2) is 6.04 Å². The van der Waals surface area contributed by atoms with E-state index in [9.17, 15) is 13.2 Å². The van der Waals surface area contributed by atoms with E-state index in [1.807, 2.05) is 0 Å². The zero-order chi connectivity index (χ0) is 11.4. The second-order valence-electron chi connectivity index (χ2n) is 3.03. The average molecular weight is 213 g/mol. The Labute approximate surface area is 86.1 Å². The van der Waals surface area contributed by atoms with Gasteiger partial charge >= 0.3 is 0 Å². The van der Waals surface area contributed by atoms with Gasteiger partial charge in [-0.1, -0.05) is 18.8 Å². The maximum absolute atomic E-state index is 13.0. The van der Waals surface area contributed by atoms with Crippen LogP contribution in [0.3, 0.4) is 0 Å². The van der Waals surface area contributed by atoms with Gasteiger partial charge in [-0.3, -0.25) is 0 Å². The largest absolute Gasteiger partial charge is 0.318 e. The first-order valence-corrected chi connectivity index (χ1v) is 4.46. The van der Waals surface area contributed by atoms with Crippen molar-refractivity contribution in [2.75, 3.05) is 0 Å². The molecule has 1 nitrogen and oxygen atoms in total. The highest BCUT2D eigenvalue weighted by Gasteiger charge is 2.08. The predicted molar refractivity (Wildman–Crippen MR) is 51.5 cm³/mol. The SMILES string of the molecule is CCC(N)C#Cc1c(F)cc(F)cc1F. The fourth-order valence-electron chi connectivity index (χ4n) is 0.929. The van der Waals surface area contributed by atoms with E-state index in [0.717, 1.165) is 0 Å². The molecule has 0 bridgehead atoms. The summed E-state index contributed by atoms with van der Waals surface area (Å²) in [4.78, 5) is 0. The van der Waals surface area contributed by atoms with Crippen LogP contribution in [0.4, 0.5) is 13.2 Å². The molecule has 0 aliphatic rings. The molecule has 1 aromatic rings. The maximum Gasteiger partial charge on any atom is 0.144 e. The molecule has 1 unspecified atom stereocenters. The van der Waals surface area contributed by atoms with E-state index in [1.165, 1.54) is 0 Å². The molecular weight excluding hydrogens is 203 g/mol. The summed E-state index contributed by atoms with van der Waals surface area (Å²) in [5, 5.41) is 0. The molecule has 2 N–H and O–H groups in total. The monoisotopic (exact) mass is 213 g/mol. The first-order valence-electron chi connectivity index (χ1n) is 4.46. The lowest BCUT2D eigenvalue weighted by Crippen LogP contribution is -2.15. The third kappa shape index (κ3) is 3.00. The summed E-state index contributed by atoms with van der Waals surface area (Å²) in [6, 6.07) is 0.739. The molecule has 1 aromatic carbocycles. The Morgan fingerprint density at radius 3 is 2.27 bits per heavy atom. The van der Waals surface area contributed by atoms with Crippen molar-refractivity contribution in [3.8, 4) is 11.8 Å². The Hall–Kier alpha value is -1.47. The average Bonchev–Trinajstić information content (AvgIpc) is 2.15. The van der Waals surface area contributed by atoms with E-state index in [-0.39, 0.29) is 0 Å². The van der Waals surface area contributed by atoms with E-state index < -0.39 is 29.1 Å². The molecule has 0 fully saturated rings. The number of halogens is 3. The Morgan fingerprint density at radius 1 is 1.27 bits per heavy atom. The standard InChI is InChI=1S/C11H10F3N/c1-2-8(15)3-4-9-10(13)5-7(12)6-11(9)14/h5-6,8H,2,15H2,1H3. The molecule has 80 valence electrons. The predicted octanol–water partition coefficient (Wildman–Crippen LogP) is 2.19. The minimum absolute atomic E-state index is 0.436. The summed E-state index contributed by atoms with van der Waals surface area (Å²) in [5.74, 6) is 1.76. The first-order chi connectivity index (χ1) is 7.04. The van der Waals surface area contributed by atoms with E-state index in [1.54, 1.807) is 6.92 Å². The van der Waals surface area contributed by atoms with E-state index >= 15 is 0 Å². The van der Waals surface area contributed by atoms with Crippen molar-refractivity contribution in [3.05, 3.63) is 35.1 Å². The first kappa shape index (κ1) is 11.6. The molecule has 15 heavy (non-hydrogen) atoms. The van der Waals surface area contributed by atoms with Gasteiger partial charge in [-0.15, -0.1) is 0 Å². The van der Waals surface area contributed by atoms with Crippen LogP contribution in [0.5, 0.6) is 0 Å². The quantitative estimate of drug-likeness (QED) is 0.711. The number of hydrogen-bond acceptors (Lipinski definition) is 1. The van der Waals surface area contributed by atoms with Gasteiger partial charge in [0.2, 0.25) is 0 Å². The lowest BCUT2D eigenvalue weighted by atomic mass is 10.1. The topological polar surface area (TPSA) is 26.0 Å². The summed E-state index contributed by atoms with van der Waals surface area (Å²) in [5.41, 5.74) is 5.01. The Bertz CT molecular complexity index is 395. The van der Waals surface area contributed by atoms with Gasteiger partial charge in [0.05, 0.1) is 11.6 Å². The van der Waals surface area contributed by atoms with Crippen LogP contribution in [0.15, 0.2) is 12.1 Å². The van der Waals surface area contributed by atoms with Gasteiger partial charge in [0.25, 0.3) is 0 Å². The molecule has 0 saturated carbocycles. The summed E-state index contributed by atoms with van der Waals surface area (Å²) in [6.07, 6.45) is 0.581. The Morgan fingerprint density at radius 2 is 1.80 bits per heavy atom. The van der Waals surface area contributed by atoms with Crippen LogP contribution in [0.2, 0.25) is 0 Å². The molecule has 0 aromatic heterocycles. The van der Waals surface area contributed by atoms with Crippen LogP contribution in [0.25, 0.3) is 0 Å². The van der Waals surface area contributed by atoms with Gasteiger partial charge in [0, 0.05) is 12.1 Å². The summed E-state index contributed by atoms with van der Waals surface area (Å²) < 4.78 is 38.6. The van der Waals surface area contributed by atoms with Crippen LogP contribution in [-0.2, 0) is 0 Å². The number of benzene rings is 1. The normalized spacial score (nSPS) is 11.8. The number of nitrogens with two attached hydrogens (primary N) is 1. The van der Waals surface area contributed by atoms with Gasteiger partial charge in [-0.05, 0) is 6.42 Å². The number of rotatable bonds is 1. The van der Waals surface area contributed by atoms with E-state index in [0.29, 0.717) is 18.6 Å². The summed E-state index contributed by atoms with van der Waals surface area (Å²) in [6.45, 7) is 1.80. The molecule has 0 aliphatic carbocycles. The highest BCUT2D eigenvalue weighted by atomic mass is 19.1. The minimum atomic E-state index is -1.01. The lowest BCUT2D eigenvalue weighted by Gasteiger charge is -1.99. The van der Waals surface area contributed by atoms with Gasteiger partial charge in [0.1, 0.15) is 17.5 Å². The molecule has 0 amide bonds. The van der Waals surface area contributed by atoms with Gasteiger partial charge in [0.15, 0.2) is 0 Å². The van der Waals surface area contributed by atoms with Crippen molar-refractivity contribution in [1.29, 1.82) is 0 Å². The Balaban J connectivity index is 3.08. The second kappa shape index (κ2) is 4.85. The van der Waals surface area contributed by atoms with E-state index in [4.69, 9.17) is 5.73 Å².